The molecule has 1 unspecified atom stereocenters. The molecule has 1 saturated carbocycles. The Balaban J connectivity index is 2.05. The fourth-order valence-electron chi connectivity index (χ4n) is 3.40. The molecular weight excluding hydrogens is 320 g/mol. The van der Waals surface area contributed by atoms with Crippen molar-refractivity contribution in [1.82, 2.24) is 15.1 Å². The maximum absolute atomic E-state index is 12.1. The van der Waals surface area contributed by atoms with Gasteiger partial charge in [-0.3, -0.25) is 9.59 Å². The van der Waals surface area contributed by atoms with Crippen molar-refractivity contribution < 1.29 is 14.3 Å². The fourth-order valence-corrected chi connectivity index (χ4v) is 3.40. The number of esters is 1. The second-order valence-electron chi connectivity index (χ2n) is 7.09. The molecule has 2 fully saturated rings. The minimum absolute atomic E-state index is 0.0234. The van der Waals surface area contributed by atoms with E-state index in [1.165, 1.54) is 12.8 Å². The summed E-state index contributed by atoms with van der Waals surface area (Å²) in [5, 5.41) is 3.52. The SMILES string of the molecule is CCOC(=O)C1CCCN(C(=NCC(=O)N(C)C)NC2CCCC2)C1. The van der Waals surface area contributed by atoms with Gasteiger partial charge in [0.1, 0.15) is 6.54 Å². The number of hydrogen-bond acceptors (Lipinski definition) is 4. The summed E-state index contributed by atoms with van der Waals surface area (Å²) in [6.45, 7) is 3.83. The first-order valence-electron chi connectivity index (χ1n) is 9.44. The maximum Gasteiger partial charge on any atom is 0.310 e. The summed E-state index contributed by atoms with van der Waals surface area (Å²) in [4.78, 5) is 32.2. The van der Waals surface area contributed by atoms with Crippen molar-refractivity contribution in [3.63, 3.8) is 0 Å². The standard InChI is InChI=1S/C18H32N4O3/c1-4-25-17(24)14-8-7-11-22(13-14)18(19-12-16(23)21(2)3)20-15-9-5-6-10-15/h14-15H,4-13H2,1-3H3,(H,19,20). The van der Waals surface area contributed by atoms with Gasteiger partial charge >= 0.3 is 5.97 Å². The van der Waals surface area contributed by atoms with E-state index in [9.17, 15) is 9.59 Å². The van der Waals surface area contributed by atoms with Crippen molar-refractivity contribution in [2.75, 3.05) is 40.3 Å². The third-order valence-electron chi connectivity index (χ3n) is 4.89. The number of guanidine groups is 1. The number of piperidine rings is 1. The average molecular weight is 352 g/mol. The van der Waals surface area contributed by atoms with Crippen LogP contribution < -0.4 is 5.32 Å². The first kappa shape index (κ1) is 19.5. The average Bonchev–Trinajstić information content (AvgIpc) is 3.11. The summed E-state index contributed by atoms with van der Waals surface area (Å²) in [6.07, 6.45) is 6.50. The van der Waals surface area contributed by atoms with E-state index in [-0.39, 0.29) is 24.3 Å². The van der Waals surface area contributed by atoms with Crippen LogP contribution in [0.2, 0.25) is 0 Å². The topological polar surface area (TPSA) is 74.2 Å². The van der Waals surface area contributed by atoms with E-state index in [4.69, 9.17) is 4.74 Å². The Hall–Kier alpha value is -1.79. The lowest BCUT2D eigenvalue weighted by atomic mass is 9.98. The minimum Gasteiger partial charge on any atom is -0.466 e. The largest absolute Gasteiger partial charge is 0.466 e. The molecule has 1 aliphatic carbocycles. The molecule has 1 atom stereocenters. The Morgan fingerprint density at radius 2 is 1.92 bits per heavy atom. The van der Waals surface area contributed by atoms with Crippen LogP contribution in [0.15, 0.2) is 4.99 Å². The predicted octanol–water partition coefficient (Wildman–Crippen LogP) is 1.24. The number of hydrogen-bond donors (Lipinski definition) is 1. The molecule has 1 N–H and O–H groups in total. The maximum atomic E-state index is 12.1. The molecular formula is C18H32N4O3. The summed E-state index contributed by atoms with van der Waals surface area (Å²) < 4.78 is 5.19. The number of nitrogens with one attached hydrogen (secondary N) is 1. The Bertz CT molecular complexity index is 487. The van der Waals surface area contributed by atoms with Gasteiger partial charge < -0.3 is 19.9 Å². The van der Waals surface area contributed by atoms with Crippen LogP contribution in [0.5, 0.6) is 0 Å². The van der Waals surface area contributed by atoms with Crippen molar-refractivity contribution in [1.29, 1.82) is 0 Å². The second kappa shape index (κ2) is 9.63. The van der Waals surface area contributed by atoms with Gasteiger partial charge in [0.25, 0.3) is 0 Å². The van der Waals surface area contributed by atoms with Gasteiger partial charge in [-0.15, -0.1) is 0 Å². The molecule has 0 aromatic heterocycles. The van der Waals surface area contributed by atoms with Crippen LogP contribution in [0.3, 0.4) is 0 Å². The number of nitrogens with zero attached hydrogens (tertiary/aromatic N) is 3. The lowest BCUT2D eigenvalue weighted by Crippen LogP contribution is -2.50. The number of carbonyl (C=O) groups excluding carboxylic acids is 2. The highest BCUT2D eigenvalue weighted by Gasteiger charge is 2.29. The molecule has 7 nitrogen and oxygen atoms in total. The van der Waals surface area contributed by atoms with Gasteiger partial charge in [0.2, 0.25) is 5.91 Å². The number of likely N-dealkylation sites (N-methyl/N-ethyl adjacent to an activating group) is 1. The molecule has 1 saturated heterocycles. The van der Waals surface area contributed by atoms with Gasteiger partial charge in [0.15, 0.2) is 5.96 Å². The van der Waals surface area contributed by atoms with Gasteiger partial charge in [0.05, 0.1) is 12.5 Å². The van der Waals surface area contributed by atoms with Crippen LogP contribution in [0.1, 0.15) is 45.4 Å². The summed E-state index contributed by atoms with van der Waals surface area (Å²) in [6, 6.07) is 0.413. The molecule has 0 spiro atoms. The van der Waals surface area contributed by atoms with Crippen LogP contribution in [-0.2, 0) is 14.3 Å². The van der Waals surface area contributed by atoms with Crippen LogP contribution in [0, 0.1) is 5.92 Å². The second-order valence-corrected chi connectivity index (χ2v) is 7.09. The lowest BCUT2D eigenvalue weighted by molar-refractivity contribution is -0.149. The number of rotatable bonds is 5. The van der Waals surface area contributed by atoms with Crippen molar-refractivity contribution >= 4 is 17.8 Å². The van der Waals surface area contributed by atoms with Gasteiger partial charge in [-0.1, -0.05) is 12.8 Å². The summed E-state index contributed by atoms with van der Waals surface area (Å²) in [7, 11) is 3.47. The molecule has 1 heterocycles. The monoisotopic (exact) mass is 352 g/mol. The molecule has 7 heteroatoms. The molecule has 1 amide bonds. The molecule has 1 aliphatic heterocycles. The third-order valence-corrected chi connectivity index (χ3v) is 4.89. The Kier molecular flexibility index (Phi) is 7.52. The predicted molar refractivity (Wildman–Crippen MR) is 97.3 cm³/mol. The highest BCUT2D eigenvalue weighted by Crippen LogP contribution is 2.21. The van der Waals surface area contributed by atoms with E-state index in [2.05, 4.69) is 15.2 Å². The minimum atomic E-state index is -0.128. The van der Waals surface area contributed by atoms with Crippen LogP contribution in [0.4, 0.5) is 0 Å². The van der Waals surface area contributed by atoms with Crippen molar-refractivity contribution in [2.24, 2.45) is 10.9 Å². The van der Waals surface area contributed by atoms with Crippen LogP contribution >= 0.6 is 0 Å². The van der Waals surface area contributed by atoms with Crippen LogP contribution in [-0.4, -0.2) is 74.0 Å². The number of aliphatic imine (C=N–C) groups is 1. The molecule has 25 heavy (non-hydrogen) atoms. The van der Waals surface area contributed by atoms with E-state index in [1.807, 2.05) is 6.92 Å². The highest BCUT2D eigenvalue weighted by atomic mass is 16.5. The number of ether oxygens (including phenoxy) is 1. The first-order valence-corrected chi connectivity index (χ1v) is 9.44. The third kappa shape index (κ3) is 5.90. The van der Waals surface area contributed by atoms with Crippen LogP contribution in [0.25, 0.3) is 0 Å². The van der Waals surface area contributed by atoms with E-state index >= 15 is 0 Å². The lowest BCUT2D eigenvalue weighted by Gasteiger charge is -2.35. The Labute approximate surface area is 150 Å². The smallest absolute Gasteiger partial charge is 0.310 e. The quantitative estimate of drug-likeness (QED) is 0.458. The zero-order valence-electron chi connectivity index (χ0n) is 15.8. The van der Waals surface area contributed by atoms with Gasteiger partial charge in [-0.2, -0.15) is 0 Å². The van der Waals surface area contributed by atoms with Gasteiger partial charge in [0, 0.05) is 33.2 Å². The fraction of sp³-hybridized carbons (Fsp3) is 0.833. The zero-order chi connectivity index (χ0) is 18.2. The summed E-state index contributed by atoms with van der Waals surface area (Å²) >= 11 is 0. The molecule has 2 rings (SSSR count). The normalized spacial score (nSPS) is 22.0. The van der Waals surface area contributed by atoms with E-state index < -0.39 is 0 Å². The number of carbonyl (C=O) groups is 2. The number of likely N-dealkylation sites (tertiary alicyclic amines) is 1. The van der Waals surface area contributed by atoms with Crippen molar-refractivity contribution in [3.05, 3.63) is 0 Å². The molecule has 2 aliphatic rings. The first-order chi connectivity index (χ1) is 12.0. The van der Waals surface area contributed by atoms with Crippen molar-refractivity contribution in [2.45, 2.75) is 51.5 Å². The summed E-state index contributed by atoms with van der Waals surface area (Å²) in [5.41, 5.74) is 0. The Morgan fingerprint density at radius 3 is 2.56 bits per heavy atom. The molecule has 0 radical (unpaired) electrons. The number of amides is 1. The summed E-state index contributed by atoms with van der Waals surface area (Å²) in [5.74, 6) is 0.492. The van der Waals surface area contributed by atoms with Gasteiger partial charge in [-0.25, -0.2) is 4.99 Å². The molecule has 0 aromatic rings. The van der Waals surface area contributed by atoms with E-state index in [0.717, 1.165) is 38.2 Å². The highest BCUT2D eigenvalue weighted by molar-refractivity contribution is 5.85. The van der Waals surface area contributed by atoms with E-state index in [0.29, 0.717) is 19.2 Å². The van der Waals surface area contributed by atoms with Crippen molar-refractivity contribution in [3.8, 4) is 0 Å². The molecule has 0 bridgehead atoms. The Morgan fingerprint density at radius 1 is 1.20 bits per heavy atom. The zero-order valence-corrected chi connectivity index (χ0v) is 15.8. The van der Waals surface area contributed by atoms with Gasteiger partial charge in [-0.05, 0) is 32.6 Å². The van der Waals surface area contributed by atoms with E-state index in [1.54, 1.807) is 19.0 Å². The molecule has 142 valence electrons. The molecule has 0 aromatic carbocycles.